The van der Waals surface area contributed by atoms with Gasteiger partial charge in [0.15, 0.2) is 0 Å². The van der Waals surface area contributed by atoms with E-state index >= 15 is 0 Å². The molecular weight excluding hydrogens is 450 g/mol. The number of carbonyl (C=O) groups excluding carboxylic acids is 1. The molecular formula is C26H22BrN3O. The van der Waals surface area contributed by atoms with E-state index in [0.717, 1.165) is 32.7 Å². The van der Waals surface area contributed by atoms with Crippen molar-refractivity contribution < 1.29 is 4.79 Å². The van der Waals surface area contributed by atoms with Crippen LogP contribution in [-0.2, 0) is 6.54 Å². The fourth-order valence-electron chi connectivity index (χ4n) is 4.19. The van der Waals surface area contributed by atoms with Crippen molar-refractivity contribution in [3.05, 3.63) is 118 Å². The molecule has 3 aromatic carbocycles. The van der Waals surface area contributed by atoms with Gasteiger partial charge in [-0.05, 0) is 64.3 Å². The van der Waals surface area contributed by atoms with E-state index < -0.39 is 0 Å². The molecule has 0 spiro atoms. The second kappa shape index (κ2) is 8.08. The van der Waals surface area contributed by atoms with Gasteiger partial charge in [0.2, 0.25) is 0 Å². The van der Waals surface area contributed by atoms with Gasteiger partial charge in [0.05, 0.1) is 24.0 Å². The molecule has 0 saturated heterocycles. The lowest BCUT2D eigenvalue weighted by molar-refractivity contribution is 0.194. The molecule has 1 aromatic heterocycles. The van der Waals surface area contributed by atoms with Crippen molar-refractivity contribution in [1.29, 1.82) is 0 Å². The first-order valence-corrected chi connectivity index (χ1v) is 11.1. The fraction of sp³-hybridized carbons (Fsp3) is 0.115. The van der Waals surface area contributed by atoms with Crippen molar-refractivity contribution in [3.63, 3.8) is 0 Å². The molecule has 1 N–H and O–H groups in total. The third kappa shape index (κ3) is 3.66. The predicted molar refractivity (Wildman–Crippen MR) is 127 cm³/mol. The minimum absolute atomic E-state index is 0.137. The topological polar surface area (TPSA) is 37.3 Å². The fourth-order valence-corrected chi connectivity index (χ4v) is 4.57. The molecule has 1 atom stereocenters. The van der Waals surface area contributed by atoms with Crippen LogP contribution in [0.4, 0.5) is 10.5 Å². The first-order chi connectivity index (χ1) is 15.1. The molecule has 31 heavy (non-hydrogen) atoms. The van der Waals surface area contributed by atoms with Gasteiger partial charge in [0.25, 0.3) is 0 Å². The first kappa shape index (κ1) is 19.6. The zero-order valence-electron chi connectivity index (χ0n) is 17.1. The van der Waals surface area contributed by atoms with Crippen LogP contribution in [0.1, 0.15) is 28.4 Å². The normalized spacial score (nSPS) is 15.0. The van der Waals surface area contributed by atoms with Gasteiger partial charge in [-0.25, -0.2) is 4.79 Å². The number of rotatable bonds is 2. The number of benzene rings is 3. The van der Waals surface area contributed by atoms with Gasteiger partial charge in [-0.1, -0.05) is 60.2 Å². The average Bonchev–Trinajstić information content (AvgIpc) is 3.20. The predicted octanol–water partition coefficient (Wildman–Crippen LogP) is 6.69. The Hall–Kier alpha value is -3.31. The van der Waals surface area contributed by atoms with E-state index in [1.807, 2.05) is 47.4 Å². The Morgan fingerprint density at radius 2 is 1.68 bits per heavy atom. The molecule has 0 radical (unpaired) electrons. The highest BCUT2D eigenvalue weighted by molar-refractivity contribution is 9.10. The molecule has 2 heterocycles. The monoisotopic (exact) mass is 471 g/mol. The summed E-state index contributed by atoms with van der Waals surface area (Å²) < 4.78 is 3.06. The zero-order valence-corrected chi connectivity index (χ0v) is 18.7. The highest BCUT2D eigenvalue weighted by atomic mass is 79.9. The Balaban J connectivity index is 1.64. The van der Waals surface area contributed by atoms with Gasteiger partial charge in [0, 0.05) is 16.4 Å². The molecule has 0 saturated carbocycles. The zero-order chi connectivity index (χ0) is 21.4. The lowest BCUT2D eigenvalue weighted by atomic mass is 10.0. The van der Waals surface area contributed by atoms with Gasteiger partial charge >= 0.3 is 6.03 Å². The van der Waals surface area contributed by atoms with Crippen LogP contribution in [0.5, 0.6) is 0 Å². The van der Waals surface area contributed by atoms with Crippen LogP contribution < -0.4 is 5.32 Å². The summed E-state index contributed by atoms with van der Waals surface area (Å²) in [5.74, 6) is 0. The number of nitrogens with one attached hydrogen (secondary N) is 1. The largest absolute Gasteiger partial charge is 0.323 e. The number of anilines is 1. The van der Waals surface area contributed by atoms with Crippen LogP contribution in [0.2, 0.25) is 0 Å². The number of urea groups is 1. The molecule has 1 aliphatic heterocycles. The van der Waals surface area contributed by atoms with Crippen molar-refractivity contribution in [1.82, 2.24) is 9.47 Å². The third-order valence-electron chi connectivity index (χ3n) is 5.73. The summed E-state index contributed by atoms with van der Waals surface area (Å²) in [7, 11) is 0. The molecule has 0 fully saturated rings. The third-order valence-corrected chi connectivity index (χ3v) is 6.42. The van der Waals surface area contributed by atoms with Crippen molar-refractivity contribution in [2.24, 2.45) is 0 Å². The second-order valence-electron chi connectivity index (χ2n) is 7.78. The summed E-state index contributed by atoms with van der Waals surface area (Å²) in [5, 5.41) is 3.10. The van der Waals surface area contributed by atoms with Crippen molar-refractivity contribution in [3.8, 4) is 5.69 Å². The Bertz CT molecular complexity index is 1250. The van der Waals surface area contributed by atoms with Crippen molar-refractivity contribution in [2.45, 2.75) is 19.5 Å². The number of hydrogen-bond donors (Lipinski definition) is 1. The first-order valence-electron chi connectivity index (χ1n) is 10.3. The van der Waals surface area contributed by atoms with Crippen LogP contribution in [0, 0.1) is 6.92 Å². The number of fused-ring (bicyclic) bond motifs is 3. The lowest BCUT2D eigenvalue weighted by Gasteiger charge is -2.31. The summed E-state index contributed by atoms with van der Waals surface area (Å²) in [4.78, 5) is 15.6. The van der Waals surface area contributed by atoms with Crippen molar-refractivity contribution in [2.75, 3.05) is 5.32 Å². The summed E-state index contributed by atoms with van der Waals surface area (Å²) in [6.07, 6.45) is 2.07. The van der Waals surface area contributed by atoms with E-state index in [4.69, 9.17) is 0 Å². The maximum atomic E-state index is 13.6. The lowest BCUT2D eigenvalue weighted by Crippen LogP contribution is -2.38. The van der Waals surface area contributed by atoms with E-state index in [1.165, 1.54) is 5.56 Å². The van der Waals surface area contributed by atoms with Crippen LogP contribution >= 0.6 is 15.9 Å². The number of para-hydroxylation sites is 2. The Kier molecular flexibility index (Phi) is 5.12. The Morgan fingerprint density at radius 3 is 2.48 bits per heavy atom. The number of hydrogen-bond acceptors (Lipinski definition) is 1. The SMILES string of the molecule is Cc1ccc([C@H]2c3cccn3-c3ccccc3CN2C(=O)Nc2ccccc2Br)cc1. The minimum Gasteiger partial charge on any atom is -0.318 e. The highest BCUT2D eigenvalue weighted by Crippen LogP contribution is 2.37. The molecule has 0 aliphatic carbocycles. The minimum atomic E-state index is -0.217. The maximum Gasteiger partial charge on any atom is 0.323 e. The summed E-state index contributed by atoms with van der Waals surface area (Å²) in [6, 6.07) is 28.2. The molecule has 2 amide bonds. The number of amides is 2. The van der Waals surface area contributed by atoms with E-state index in [-0.39, 0.29) is 12.1 Å². The summed E-state index contributed by atoms with van der Waals surface area (Å²) >= 11 is 3.54. The van der Waals surface area contributed by atoms with E-state index in [0.29, 0.717) is 6.54 Å². The number of halogens is 1. The number of nitrogens with zero attached hydrogens (tertiary/aromatic N) is 2. The smallest absolute Gasteiger partial charge is 0.318 e. The highest BCUT2D eigenvalue weighted by Gasteiger charge is 2.33. The van der Waals surface area contributed by atoms with Gasteiger partial charge in [-0.2, -0.15) is 0 Å². The van der Waals surface area contributed by atoms with E-state index in [2.05, 4.69) is 81.4 Å². The quantitative estimate of drug-likeness (QED) is 0.347. The average molecular weight is 472 g/mol. The molecule has 154 valence electrons. The molecule has 5 heteroatoms. The Morgan fingerprint density at radius 1 is 0.935 bits per heavy atom. The molecule has 0 bridgehead atoms. The van der Waals surface area contributed by atoms with Crippen LogP contribution in [0.25, 0.3) is 5.69 Å². The van der Waals surface area contributed by atoms with Crippen LogP contribution in [0.3, 0.4) is 0 Å². The Labute approximate surface area is 190 Å². The summed E-state index contributed by atoms with van der Waals surface area (Å²) in [6.45, 7) is 2.58. The van der Waals surface area contributed by atoms with E-state index in [1.54, 1.807) is 0 Å². The summed E-state index contributed by atoms with van der Waals surface area (Å²) in [5.41, 5.74) is 6.31. The van der Waals surface area contributed by atoms with E-state index in [9.17, 15) is 4.79 Å². The molecule has 4 aromatic rings. The maximum absolute atomic E-state index is 13.6. The van der Waals surface area contributed by atoms with Crippen molar-refractivity contribution >= 4 is 27.6 Å². The van der Waals surface area contributed by atoms with Crippen LogP contribution in [0.15, 0.2) is 95.6 Å². The number of carbonyl (C=O) groups is 1. The molecule has 0 unspecified atom stereocenters. The number of aryl methyl sites for hydroxylation is 1. The van der Waals surface area contributed by atoms with Gasteiger partial charge in [-0.15, -0.1) is 0 Å². The van der Waals surface area contributed by atoms with Crippen LogP contribution in [-0.4, -0.2) is 15.5 Å². The second-order valence-corrected chi connectivity index (χ2v) is 8.64. The van der Waals surface area contributed by atoms with Gasteiger partial charge in [-0.3, -0.25) is 0 Å². The number of aromatic nitrogens is 1. The van der Waals surface area contributed by atoms with Gasteiger partial charge < -0.3 is 14.8 Å². The molecule has 5 rings (SSSR count). The standard InChI is InChI=1S/C26H22BrN3O/c1-18-12-14-19(15-13-18)25-24-11-6-16-29(24)23-10-5-2-7-20(23)17-30(25)26(31)28-22-9-4-3-8-21(22)27/h2-16,25H,17H2,1H3,(H,28,31)/t25-/m0/s1. The van der Waals surface area contributed by atoms with Gasteiger partial charge in [0.1, 0.15) is 0 Å². The molecule has 1 aliphatic rings. The molecule has 4 nitrogen and oxygen atoms in total.